The molecule has 0 unspecified atom stereocenters. The molecule has 3 aromatic carbocycles. The van der Waals surface area contributed by atoms with E-state index in [1.165, 1.54) is 0 Å². The molecule has 2 nitrogen and oxygen atoms in total. The van der Waals surface area contributed by atoms with Gasteiger partial charge in [0.1, 0.15) is 5.45 Å². The van der Waals surface area contributed by atoms with Gasteiger partial charge in [-0.05, 0) is 31.9 Å². The Morgan fingerprint density at radius 3 is 1.56 bits per heavy atom. The molecule has 3 heteroatoms. The molecule has 0 amide bonds. The van der Waals surface area contributed by atoms with Crippen LogP contribution in [0.1, 0.15) is 22.3 Å². The predicted molar refractivity (Wildman–Crippen MR) is 107 cm³/mol. The molecule has 0 spiro atoms. The molecule has 0 aromatic heterocycles. The van der Waals surface area contributed by atoms with Crippen molar-refractivity contribution in [3.63, 3.8) is 0 Å². The molecule has 126 valence electrons. The Hall–Kier alpha value is -2.44. The summed E-state index contributed by atoms with van der Waals surface area (Å²) in [5.74, 6) is 0. The molecule has 25 heavy (non-hydrogen) atoms. The molecule has 0 bridgehead atoms. The van der Waals surface area contributed by atoms with E-state index < -0.39 is 7.14 Å². The van der Waals surface area contributed by atoms with E-state index in [1.807, 2.05) is 81.4 Å². The first kappa shape index (κ1) is 17.4. The van der Waals surface area contributed by atoms with Crippen molar-refractivity contribution in [2.45, 2.75) is 20.8 Å². The first-order valence-electron chi connectivity index (χ1n) is 8.33. The van der Waals surface area contributed by atoms with Crippen molar-refractivity contribution >= 4 is 23.2 Å². The highest BCUT2D eigenvalue weighted by atomic mass is 31.2. The standard InChI is InChI=1S/C22H22NOP/c1-16-14-17(2)21(18(3)15-16)22(23)25(24,19-10-6-4-7-11-19)20-12-8-5-9-13-20/h4-15,23H,1-3H3. The van der Waals surface area contributed by atoms with E-state index in [-0.39, 0.29) is 5.45 Å². The Morgan fingerprint density at radius 1 is 0.760 bits per heavy atom. The fourth-order valence-electron chi connectivity index (χ4n) is 3.39. The van der Waals surface area contributed by atoms with Crippen molar-refractivity contribution in [3.8, 4) is 0 Å². The summed E-state index contributed by atoms with van der Waals surface area (Å²) in [7, 11) is -3.22. The molecule has 0 saturated carbocycles. The Kier molecular flexibility index (Phi) is 4.74. The van der Waals surface area contributed by atoms with E-state index in [0.717, 1.165) is 22.3 Å². The predicted octanol–water partition coefficient (Wildman–Crippen LogP) is 4.95. The van der Waals surface area contributed by atoms with Gasteiger partial charge in [0.15, 0.2) is 7.14 Å². The molecule has 0 saturated heterocycles. The van der Waals surface area contributed by atoms with Crippen LogP contribution in [-0.4, -0.2) is 5.45 Å². The summed E-state index contributed by atoms with van der Waals surface area (Å²) in [6.45, 7) is 6.02. The van der Waals surface area contributed by atoms with E-state index in [4.69, 9.17) is 5.41 Å². The third-order valence-corrected chi connectivity index (χ3v) is 7.37. The van der Waals surface area contributed by atoms with Crippen LogP contribution < -0.4 is 10.6 Å². The monoisotopic (exact) mass is 347 g/mol. The van der Waals surface area contributed by atoms with Gasteiger partial charge in [0, 0.05) is 16.2 Å². The van der Waals surface area contributed by atoms with E-state index in [9.17, 15) is 4.57 Å². The average molecular weight is 347 g/mol. The molecule has 1 N–H and O–H groups in total. The summed E-state index contributed by atoms with van der Waals surface area (Å²) in [5, 5.41) is 10.3. The maximum absolute atomic E-state index is 14.3. The van der Waals surface area contributed by atoms with Gasteiger partial charge in [-0.1, -0.05) is 78.4 Å². The second-order valence-corrected chi connectivity index (χ2v) is 9.10. The highest BCUT2D eigenvalue weighted by molar-refractivity contribution is 7.93. The molecule has 0 fully saturated rings. The molecular formula is C22H22NOP. The smallest absolute Gasteiger partial charge is 0.188 e. The van der Waals surface area contributed by atoms with Gasteiger partial charge >= 0.3 is 0 Å². The van der Waals surface area contributed by atoms with Crippen LogP contribution in [0.2, 0.25) is 0 Å². The maximum Gasteiger partial charge on any atom is 0.188 e. The van der Waals surface area contributed by atoms with Gasteiger partial charge in [-0.2, -0.15) is 0 Å². The number of aryl methyl sites for hydroxylation is 3. The van der Waals surface area contributed by atoms with Crippen molar-refractivity contribution in [2.24, 2.45) is 0 Å². The minimum absolute atomic E-state index is 0.208. The topological polar surface area (TPSA) is 40.9 Å². The average Bonchev–Trinajstić information content (AvgIpc) is 2.61. The molecule has 0 heterocycles. The molecule has 3 rings (SSSR count). The lowest BCUT2D eigenvalue weighted by molar-refractivity contribution is 0.593. The summed E-state index contributed by atoms with van der Waals surface area (Å²) in [6.07, 6.45) is 0. The van der Waals surface area contributed by atoms with Crippen molar-refractivity contribution in [1.29, 1.82) is 5.41 Å². The third kappa shape index (κ3) is 3.10. The van der Waals surface area contributed by atoms with Gasteiger partial charge in [-0.15, -0.1) is 0 Å². The number of rotatable bonds is 4. The summed E-state index contributed by atoms with van der Waals surface area (Å²) in [5.41, 5.74) is 4.14. The Morgan fingerprint density at radius 2 is 1.16 bits per heavy atom. The number of hydrogen-bond acceptors (Lipinski definition) is 2. The fraction of sp³-hybridized carbons (Fsp3) is 0.136. The van der Waals surface area contributed by atoms with Crippen LogP contribution >= 0.6 is 7.14 Å². The second kappa shape index (κ2) is 6.82. The van der Waals surface area contributed by atoms with Gasteiger partial charge < -0.3 is 4.57 Å². The summed E-state index contributed by atoms with van der Waals surface area (Å²) in [6, 6.07) is 22.9. The molecular weight excluding hydrogens is 325 g/mol. The zero-order valence-electron chi connectivity index (χ0n) is 14.8. The Balaban J connectivity index is 2.27. The van der Waals surface area contributed by atoms with E-state index in [2.05, 4.69) is 12.1 Å². The summed E-state index contributed by atoms with van der Waals surface area (Å²) < 4.78 is 14.3. The van der Waals surface area contributed by atoms with E-state index >= 15 is 0 Å². The molecule has 0 aliphatic carbocycles. The zero-order valence-corrected chi connectivity index (χ0v) is 15.7. The highest BCUT2D eigenvalue weighted by Gasteiger charge is 2.34. The van der Waals surface area contributed by atoms with Crippen molar-refractivity contribution < 1.29 is 4.57 Å². The van der Waals surface area contributed by atoms with Crippen molar-refractivity contribution in [3.05, 3.63) is 95.1 Å². The molecule has 3 aromatic rings. The van der Waals surface area contributed by atoms with Crippen LogP contribution in [0.5, 0.6) is 0 Å². The third-order valence-electron chi connectivity index (χ3n) is 4.47. The van der Waals surface area contributed by atoms with Gasteiger partial charge in [-0.25, -0.2) is 0 Å². The van der Waals surface area contributed by atoms with Gasteiger partial charge in [0.2, 0.25) is 0 Å². The van der Waals surface area contributed by atoms with Crippen LogP contribution in [0.15, 0.2) is 72.8 Å². The van der Waals surface area contributed by atoms with Gasteiger partial charge in [0.25, 0.3) is 0 Å². The van der Waals surface area contributed by atoms with Crippen molar-refractivity contribution in [1.82, 2.24) is 0 Å². The SMILES string of the molecule is Cc1cc(C)c(C(=N)P(=O)(c2ccccc2)c2ccccc2)c(C)c1. The summed E-state index contributed by atoms with van der Waals surface area (Å²) in [4.78, 5) is 0. The Labute approximate surface area is 149 Å². The zero-order chi connectivity index (χ0) is 18.0. The van der Waals surface area contributed by atoms with Crippen LogP contribution in [0.25, 0.3) is 0 Å². The van der Waals surface area contributed by atoms with Gasteiger partial charge in [0.05, 0.1) is 0 Å². The lowest BCUT2D eigenvalue weighted by Crippen LogP contribution is -2.23. The molecule has 0 atom stereocenters. The van der Waals surface area contributed by atoms with Crippen LogP contribution in [0, 0.1) is 26.2 Å². The van der Waals surface area contributed by atoms with E-state index in [0.29, 0.717) is 10.6 Å². The molecule has 0 radical (unpaired) electrons. The quantitative estimate of drug-likeness (QED) is 0.526. The fourth-order valence-corrected chi connectivity index (χ4v) is 6.06. The Bertz CT molecular complexity index is 895. The number of benzene rings is 3. The van der Waals surface area contributed by atoms with E-state index in [1.54, 1.807) is 0 Å². The first-order valence-corrected chi connectivity index (χ1v) is 10.0. The largest absolute Gasteiger partial charge is 0.307 e. The summed E-state index contributed by atoms with van der Waals surface area (Å²) >= 11 is 0. The number of nitrogens with one attached hydrogen (secondary N) is 1. The molecule has 0 aliphatic heterocycles. The van der Waals surface area contributed by atoms with Crippen LogP contribution in [-0.2, 0) is 4.57 Å². The minimum atomic E-state index is -3.22. The highest BCUT2D eigenvalue weighted by Crippen LogP contribution is 2.47. The first-order chi connectivity index (χ1) is 11.9. The molecule has 0 aliphatic rings. The van der Waals surface area contributed by atoms with Crippen molar-refractivity contribution in [2.75, 3.05) is 0 Å². The maximum atomic E-state index is 14.3. The lowest BCUT2D eigenvalue weighted by Gasteiger charge is -2.23. The lowest BCUT2D eigenvalue weighted by atomic mass is 10.0. The van der Waals surface area contributed by atoms with Crippen LogP contribution in [0.3, 0.4) is 0 Å². The van der Waals surface area contributed by atoms with Crippen LogP contribution in [0.4, 0.5) is 0 Å². The van der Waals surface area contributed by atoms with Gasteiger partial charge in [-0.3, -0.25) is 5.41 Å². The second-order valence-electron chi connectivity index (χ2n) is 6.40. The number of hydrogen-bond donors (Lipinski definition) is 1. The minimum Gasteiger partial charge on any atom is -0.307 e. The normalized spacial score (nSPS) is 11.3.